The number of hydrogen-bond acceptors (Lipinski definition) is 3. The van der Waals surface area contributed by atoms with E-state index < -0.39 is 7.12 Å². The third kappa shape index (κ3) is 1.96. The third-order valence-electron chi connectivity index (χ3n) is 4.33. The first-order valence-corrected chi connectivity index (χ1v) is 7.05. The standard InChI is InChI=1S/C14H18BClN2O2/c1-13(2)14(3,4)20-15(19-13)10-6-9(16)7-11-12(10)17-8-18(11)5/h6-8H,1-5H3. The molecule has 1 aliphatic rings. The lowest BCUT2D eigenvalue weighted by Crippen LogP contribution is -2.41. The summed E-state index contributed by atoms with van der Waals surface area (Å²) in [5.74, 6) is 0. The van der Waals surface area contributed by atoms with Gasteiger partial charge in [-0.2, -0.15) is 0 Å². The van der Waals surface area contributed by atoms with E-state index in [1.165, 1.54) is 0 Å². The Morgan fingerprint density at radius 2 is 1.75 bits per heavy atom. The zero-order valence-electron chi connectivity index (χ0n) is 12.4. The highest BCUT2D eigenvalue weighted by Crippen LogP contribution is 2.37. The van der Waals surface area contributed by atoms with Crippen LogP contribution in [0.3, 0.4) is 0 Å². The summed E-state index contributed by atoms with van der Waals surface area (Å²) in [5, 5.41) is 0.658. The summed E-state index contributed by atoms with van der Waals surface area (Å²) in [4.78, 5) is 4.44. The molecular weight excluding hydrogens is 274 g/mol. The van der Waals surface area contributed by atoms with Gasteiger partial charge in [-0.1, -0.05) is 11.6 Å². The molecule has 6 heteroatoms. The topological polar surface area (TPSA) is 36.3 Å². The lowest BCUT2D eigenvalue weighted by molar-refractivity contribution is 0.00578. The summed E-state index contributed by atoms with van der Waals surface area (Å²) in [6.07, 6.45) is 1.77. The van der Waals surface area contributed by atoms with Gasteiger partial charge < -0.3 is 13.9 Å². The predicted molar refractivity (Wildman–Crippen MR) is 81.4 cm³/mol. The minimum atomic E-state index is -0.448. The number of benzene rings is 1. The molecule has 20 heavy (non-hydrogen) atoms. The van der Waals surface area contributed by atoms with Gasteiger partial charge >= 0.3 is 7.12 Å². The van der Waals surface area contributed by atoms with Gasteiger partial charge in [-0.25, -0.2) is 4.98 Å². The second-order valence-electron chi connectivity index (χ2n) is 6.31. The molecule has 2 heterocycles. The number of hydrogen-bond donors (Lipinski definition) is 0. The SMILES string of the molecule is Cn1cnc2c(B3OC(C)(C)C(C)(C)O3)cc(Cl)cc21. The van der Waals surface area contributed by atoms with E-state index in [2.05, 4.69) is 4.98 Å². The molecule has 0 bridgehead atoms. The van der Waals surface area contributed by atoms with Crippen LogP contribution >= 0.6 is 11.6 Å². The fourth-order valence-electron chi connectivity index (χ4n) is 2.37. The van der Waals surface area contributed by atoms with Crippen LogP contribution in [0.25, 0.3) is 11.0 Å². The Morgan fingerprint density at radius 3 is 2.35 bits per heavy atom. The molecule has 1 saturated heterocycles. The van der Waals surface area contributed by atoms with Gasteiger partial charge in [0.1, 0.15) is 0 Å². The van der Waals surface area contributed by atoms with Crippen LogP contribution in [0, 0.1) is 0 Å². The number of nitrogens with zero attached hydrogens (tertiary/aromatic N) is 2. The van der Waals surface area contributed by atoms with Gasteiger partial charge in [-0.05, 0) is 39.8 Å². The first kappa shape index (κ1) is 13.9. The maximum atomic E-state index is 6.22. The number of imidazole rings is 1. The van der Waals surface area contributed by atoms with E-state index in [1.54, 1.807) is 6.33 Å². The van der Waals surface area contributed by atoms with Gasteiger partial charge in [-0.3, -0.25) is 0 Å². The second-order valence-corrected chi connectivity index (χ2v) is 6.74. The Balaban J connectivity index is 2.12. The maximum absolute atomic E-state index is 6.22. The molecule has 1 aliphatic heterocycles. The predicted octanol–water partition coefficient (Wildman–Crippen LogP) is 2.53. The molecule has 1 aromatic heterocycles. The van der Waals surface area contributed by atoms with Crippen molar-refractivity contribution in [2.45, 2.75) is 38.9 Å². The summed E-state index contributed by atoms with van der Waals surface area (Å²) in [6.45, 7) is 8.14. The highest BCUT2D eigenvalue weighted by atomic mass is 35.5. The molecule has 0 N–H and O–H groups in total. The van der Waals surface area contributed by atoms with Crippen molar-refractivity contribution in [3.63, 3.8) is 0 Å². The number of halogens is 1. The summed E-state index contributed by atoms with van der Waals surface area (Å²) in [7, 11) is 1.50. The van der Waals surface area contributed by atoms with Crippen molar-refractivity contribution in [1.29, 1.82) is 0 Å². The molecule has 1 aromatic carbocycles. The zero-order valence-corrected chi connectivity index (χ0v) is 13.2. The molecule has 0 unspecified atom stereocenters. The molecule has 2 aromatic rings. The van der Waals surface area contributed by atoms with Crippen molar-refractivity contribution in [2.24, 2.45) is 7.05 Å². The molecule has 0 amide bonds. The number of rotatable bonds is 1. The van der Waals surface area contributed by atoms with E-state index in [0.29, 0.717) is 5.02 Å². The lowest BCUT2D eigenvalue weighted by atomic mass is 9.78. The molecule has 0 radical (unpaired) electrons. The molecule has 3 rings (SSSR count). The Bertz CT molecular complexity index is 665. The molecule has 0 spiro atoms. The Labute approximate surface area is 124 Å². The van der Waals surface area contributed by atoms with Gasteiger partial charge in [0.05, 0.1) is 28.6 Å². The minimum Gasteiger partial charge on any atom is -0.399 e. The van der Waals surface area contributed by atoms with Gasteiger partial charge in [0, 0.05) is 17.5 Å². The van der Waals surface area contributed by atoms with Crippen LogP contribution in [-0.2, 0) is 16.4 Å². The minimum absolute atomic E-state index is 0.374. The Morgan fingerprint density at radius 1 is 1.15 bits per heavy atom. The first-order chi connectivity index (χ1) is 9.21. The van der Waals surface area contributed by atoms with Crippen LogP contribution in [0.2, 0.25) is 5.02 Å². The molecular formula is C14H18BClN2O2. The summed E-state index contributed by atoms with van der Waals surface area (Å²) in [6, 6.07) is 3.78. The van der Waals surface area contributed by atoms with Gasteiger partial charge in [0.15, 0.2) is 0 Å². The van der Waals surface area contributed by atoms with Crippen molar-refractivity contribution in [3.05, 3.63) is 23.5 Å². The molecule has 0 atom stereocenters. The van der Waals surface area contributed by atoms with Crippen LogP contribution in [0.5, 0.6) is 0 Å². The number of fused-ring (bicyclic) bond motifs is 1. The van der Waals surface area contributed by atoms with Crippen molar-refractivity contribution in [3.8, 4) is 0 Å². The van der Waals surface area contributed by atoms with E-state index >= 15 is 0 Å². The summed E-state index contributed by atoms with van der Waals surface area (Å²) in [5.41, 5.74) is 1.98. The summed E-state index contributed by atoms with van der Waals surface area (Å²) < 4.78 is 14.1. The fraction of sp³-hybridized carbons (Fsp3) is 0.500. The monoisotopic (exact) mass is 292 g/mol. The van der Waals surface area contributed by atoms with E-state index in [-0.39, 0.29) is 11.2 Å². The summed E-state index contributed by atoms with van der Waals surface area (Å²) >= 11 is 6.22. The van der Waals surface area contributed by atoms with Crippen LogP contribution in [0.4, 0.5) is 0 Å². The molecule has 0 saturated carbocycles. The van der Waals surface area contributed by atoms with Crippen LogP contribution in [-0.4, -0.2) is 27.9 Å². The lowest BCUT2D eigenvalue weighted by Gasteiger charge is -2.32. The highest BCUT2D eigenvalue weighted by molar-refractivity contribution is 6.65. The van der Waals surface area contributed by atoms with E-state index in [1.807, 2.05) is 51.4 Å². The maximum Gasteiger partial charge on any atom is 0.497 e. The van der Waals surface area contributed by atoms with Gasteiger partial charge in [0.25, 0.3) is 0 Å². The number of aromatic nitrogens is 2. The first-order valence-electron chi connectivity index (χ1n) is 6.67. The highest BCUT2D eigenvalue weighted by Gasteiger charge is 2.52. The van der Waals surface area contributed by atoms with Crippen LogP contribution in [0.15, 0.2) is 18.5 Å². The average molecular weight is 293 g/mol. The van der Waals surface area contributed by atoms with E-state index in [0.717, 1.165) is 16.5 Å². The van der Waals surface area contributed by atoms with Crippen molar-refractivity contribution in [2.75, 3.05) is 0 Å². The van der Waals surface area contributed by atoms with Crippen molar-refractivity contribution < 1.29 is 9.31 Å². The second kappa shape index (κ2) is 4.23. The van der Waals surface area contributed by atoms with Gasteiger partial charge in [0.2, 0.25) is 0 Å². The largest absolute Gasteiger partial charge is 0.497 e. The Hall–Kier alpha value is -1.04. The van der Waals surface area contributed by atoms with E-state index in [4.69, 9.17) is 20.9 Å². The third-order valence-corrected chi connectivity index (χ3v) is 4.55. The smallest absolute Gasteiger partial charge is 0.399 e. The van der Waals surface area contributed by atoms with Crippen LogP contribution in [0.1, 0.15) is 27.7 Å². The van der Waals surface area contributed by atoms with Crippen molar-refractivity contribution >= 4 is 35.2 Å². The normalized spacial score (nSPS) is 20.8. The van der Waals surface area contributed by atoms with Crippen LogP contribution < -0.4 is 5.46 Å². The molecule has 1 fully saturated rings. The molecule has 0 aliphatic carbocycles. The molecule has 106 valence electrons. The van der Waals surface area contributed by atoms with Gasteiger partial charge in [-0.15, -0.1) is 0 Å². The fourth-order valence-corrected chi connectivity index (χ4v) is 2.59. The Kier molecular flexibility index (Phi) is 2.94. The average Bonchev–Trinajstić information content (AvgIpc) is 2.78. The molecule has 4 nitrogen and oxygen atoms in total. The van der Waals surface area contributed by atoms with E-state index in [9.17, 15) is 0 Å². The quantitative estimate of drug-likeness (QED) is 0.758. The zero-order chi connectivity index (χ0) is 14.7. The number of aryl methyl sites for hydroxylation is 1. The van der Waals surface area contributed by atoms with Crippen molar-refractivity contribution in [1.82, 2.24) is 9.55 Å².